The van der Waals surface area contributed by atoms with Gasteiger partial charge >= 0.3 is 0 Å². The molecule has 0 radical (unpaired) electrons. The number of aliphatic hydroxyl groups is 1. The van der Waals surface area contributed by atoms with Crippen LogP contribution in [0.1, 0.15) is 32.9 Å². The van der Waals surface area contributed by atoms with Crippen molar-refractivity contribution in [3.63, 3.8) is 0 Å². The quantitative estimate of drug-likeness (QED) is 0.886. The van der Waals surface area contributed by atoms with Crippen LogP contribution < -0.4 is 5.56 Å². The lowest BCUT2D eigenvalue weighted by Gasteiger charge is -2.29. The summed E-state index contributed by atoms with van der Waals surface area (Å²) in [4.78, 5) is 19.5. The molecule has 0 atom stereocenters. The summed E-state index contributed by atoms with van der Waals surface area (Å²) in [7, 11) is 0. The molecule has 0 aliphatic heterocycles. The number of thiazole rings is 1. The van der Waals surface area contributed by atoms with Crippen LogP contribution in [-0.2, 0) is 6.54 Å². The minimum atomic E-state index is -0.0332. The van der Waals surface area contributed by atoms with E-state index in [1.807, 2.05) is 5.38 Å². The molecular weight excluding hydrogens is 286 g/mol. The molecule has 2 heterocycles. The monoisotopic (exact) mass is 309 g/mol. The van der Waals surface area contributed by atoms with Crippen molar-refractivity contribution in [3.05, 3.63) is 33.7 Å². The van der Waals surface area contributed by atoms with Gasteiger partial charge in [0.1, 0.15) is 0 Å². The summed E-state index contributed by atoms with van der Waals surface area (Å²) in [6, 6.07) is 1.61. The normalized spacial score (nSPS) is 12.4. The van der Waals surface area contributed by atoms with Crippen LogP contribution in [0.4, 0.5) is 0 Å². The average molecular weight is 309 g/mol. The van der Waals surface area contributed by atoms with E-state index in [4.69, 9.17) is 5.11 Å². The Kier molecular flexibility index (Phi) is 5.13. The lowest BCUT2D eigenvalue weighted by Crippen LogP contribution is -2.34. The van der Waals surface area contributed by atoms with Gasteiger partial charge in [-0.1, -0.05) is 20.8 Å². The van der Waals surface area contributed by atoms with E-state index in [2.05, 4.69) is 30.7 Å². The Labute approximate surface area is 128 Å². The van der Waals surface area contributed by atoms with E-state index in [1.165, 1.54) is 11.3 Å². The van der Waals surface area contributed by atoms with Crippen molar-refractivity contribution in [2.75, 3.05) is 19.7 Å². The Balaban J connectivity index is 2.18. The molecule has 2 aromatic heterocycles. The van der Waals surface area contributed by atoms with Gasteiger partial charge in [0, 0.05) is 43.9 Å². The van der Waals surface area contributed by atoms with E-state index in [-0.39, 0.29) is 17.6 Å². The summed E-state index contributed by atoms with van der Waals surface area (Å²) >= 11 is 1.47. The van der Waals surface area contributed by atoms with E-state index in [0.717, 1.165) is 30.2 Å². The van der Waals surface area contributed by atoms with Gasteiger partial charge in [-0.25, -0.2) is 4.98 Å². The van der Waals surface area contributed by atoms with Crippen molar-refractivity contribution in [2.24, 2.45) is 5.41 Å². The molecule has 0 saturated carbocycles. The van der Waals surface area contributed by atoms with Crippen molar-refractivity contribution in [1.82, 2.24) is 14.3 Å². The Morgan fingerprint density at radius 2 is 2.19 bits per heavy atom. The number of hydrogen-bond donors (Lipinski definition) is 1. The third-order valence-electron chi connectivity index (χ3n) is 3.07. The summed E-state index contributed by atoms with van der Waals surface area (Å²) < 4.78 is 1.57. The predicted molar refractivity (Wildman–Crippen MR) is 85.8 cm³/mol. The Hall–Kier alpha value is -1.24. The lowest BCUT2D eigenvalue weighted by atomic mass is 9.96. The minimum absolute atomic E-state index is 0.0332. The number of hydrogen-bond acceptors (Lipinski definition) is 5. The van der Waals surface area contributed by atoms with Crippen LogP contribution in [0, 0.1) is 5.41 Å². The highest BCUT2D eigenvalue weighted by Gasteiger charge is 2.17. The zero-order valence-electron chi connectivity index (χ0n) is 12.9. The van der Waals surface area contributed by atoms with Crippen molar-refractivity contribution in [3.8, 4) is 0 Å². The maximum absolute atomic E-state index is 12.0. The van der Waals surface area contributed by atoms with Crippen LogP contribution in [0.5, 0.6) is 0 Å². The molecule has 1 N–H and O–H groups in total. The molecule has 0 spiro atoms. The Morgan fingerprint density at radius 1 is 1.43 bits per heavy atom. The molecule has 0 unspecified atom stereocenters. The number of nitrogens with zero attached hydrogens (tertiary/aromatic N) is 3. The molecular formula is C15H23N3O2S. The van der Waals surface area contributed by atoms with Crippen LogP contribution in [0.3, 0.4) is 0 Å². The second kappa shape index (κ2) is 6.68. The molecule has 2 aromatic rings. The fourth-order valence-corrected chi connectivity index (χ4v) is 3.12. The Morgan fingerprint density at radius 3 is 2.86 bits per heavy atom. The standard InChI is InChI=1S/C15H23N3O2S/c1-15(2,3)11-17(5-4-7-19)10-12-9-13(20)18-6-8-21-14(18)16-12/h6,8-9,19H,4-5,7,10-11H2,1-3H3. The molecule has 0 saturated heterocycles. The molecule has 0 aliphatic rings. The highest BCUT2D eigenvalue weighted by Crippen LogP contribution is 2.17. The first-order chi connectivity index (χ1) is 9.89. The van der Waals surface area contributed by atoms with Crippen molar-refractivity contribution >= 4 is 16.3 Å². The van der Waals surface area contributed by atoms with E-state index >= 15 is 0 Å². The smallest absolute Gasteiger partial charge is 0.258 e. The fourth-order valence-electron chi connectivity index (χ4n) is 2.38. The molecule has 0 aliphatic carbocycles. The maximum Gasteiger partial charge on any atom is 0.258 e. The summed E-state index contributed by atoms with van der Waals surface area (Å²) in [6.07, 6.45) is 2.48. The number of aliphatic hydroxyl groups excluding tert-OH is 1. The van der Waals surface area contributed by atoms with Crippen LogP contribution in [0.2, 0.25) is 0 Å². The molecule has 116 valence electrons. The third kappa shape index (κ3) is 4.62. The van der Waals surface area contributed by atoms with Gasteiger partial charge in [0.2, 0.25) is 0 Å². The first kappa shape index (κ1) is 16.1. The lowest BCUT2D eigenvalue weighted by molar-refractivity contribution is 0.164. The van der Waals surface area contributed by atoms with Gasteiger partial charge < -0.3 is 5.11 Å². The van der Waals surface area contributed by atoms with Crippen LogP contribution in [0.15, 0.2) is 22.4 Å². The summed E-state index contributed by atoms with van der Waals surface area (Å²) in [6.45, 7) is 9.08. The summed E-state index contributed by atoms with van der Waals surface area (Å²) in [5.74, 6) is 0. The van der Waals surface area contributed by atoms with Crippen molar-refractivity contribution < 1.29 is 5.11 Å². The zero-order valence-corrected chi connectivity index (χ0v) is 13.7. The van der Waals surface area contributed by atoms with Gasteiger partial charge in [0.05, 0.1) is 5.69 Å². The molecule has 21 heavy (non-hydrogen) atoms. The van der Waals surface area contributed by atoms with Gasteiger partial charge in [0.15, 0.2) is 4.96 Å². The maximum atomic E-state index is 12.0. The SMILES string of the molecule is CC(C)(C)CN(CCCO)Cc1cc(=O)n2ccsc2n1. The van der Waals surface area contributed by atoms with Gasteiger partial charge in [-0.3, -0.25) is 14.1 Å². The van der Waals surface area contributed by atoms with Crippen molar-refractivity contribution in [2.45, 2.75) is 33.7 Å². The third-order valence-corrected chi connectivity index (χ3v) is 3.83. The zero-order chi connectivity index (χ0) is 15.5. The number of rotatable bonds is 6. The van der Waals surface area contributed by atoms with E-state index < -0.39 is 0 Å². The first-order valence-electron chi connectivity index (χ1n) is 7.18. The summed E-state index contributed by atoms with van der Waals surface area (Å²) in [5.41, 5.74) is 0.927. The van der Waals surface area contributed by atoms with Crippen LogP contribution in [-0.4, -0.2) is 39.1 Å². The molecule has 0 aromatic carbocycles. The van der Waals surface area contributed by atoms with E-state index in [1.54, 1.807) is 16.7 Å². The van der Waals surface area contributed by atoms with E-state index in [0.29, 0.717) is 6.54 Å². The van der Waals surface area contributed by atoms with Crippen LogP contribution >= 0.6 is 11.3 Å². The van der Waals surface area contributed by atoms with Gasteiger partial charge in [-0.2, -0.15) is 0 Å². The second-order valence-corrected chi connectivity index (χ2v) is 7.36. The average Bonchev–Trinajstić information content (AvgIpc) is 2.83. The van der Waals surface area contributed by atoms with Gasteiger partial charge in [-0.15, -0.1) is 11.3 Å². The number of fused-ring (bicyclic) bond motifs is 1. The van der Waals surface area contributed by atoms with Gasteiger partial charge in [0.25, 0.3) is 5.56 Å². The van der Waals surface area contributed by atoms with Gasteiger partial charge in [-0.05, 0) is 11.8 Å². The largest absolute Gasteiger partial charge is 0.396 e. The van der Waals surface area contributed by atoms with Crippen LogP contribution in [0.25, 0.3) is 4.96 Å². The highest BCUT2D eigenvalue weighted by molar-refractivity contribution is 7.15. The van der Waals surface area contributed by atoms with Crippen molar-refractivity contribution in [1.29, 1.82) is 0 Å². The fraction of sp³-hybridized carbons (Fsp3) is 0.600. The summed E-state index contributed by atoms with van der Waals surface area (Å²) in [5, 5.41) is 10.9. The predicted octanol–water partition coefficient (Wildman–Crippen LogP) is 1.99. The molecule has 0 bridgehead atoms. The molecule has 0 fully saturated rings. The number of aromatic nitrogens is 2. The van der Waals surface area contributed by atoms with E-state index in [9.17, 15) is 4.79 Å². The Bertz CT molecular complexity index is 642. The highest BCUT2D eigenvalue weighted by atomic mass is 32.1. The molecule has 0 amide bonds. The molecule has 6 heteroatoms. The molecule has 5 nitrogen and oxygen atoms in total. The second-order valence-electron chi connectivity index (χ2n) is 6.49. The molecule has 2 rings (SSSR count). The minimum Gasteiger partial charge on any atom is -0.396 e. The topological polar surface area (TPSA) is 57.8 Å². The first-order valence-corrected chi connectivity index (χ1v) is 8.06.